The van der Waals surface area contributed by atoms with E-state index in [4.69, 9.17) is 21.1 Å². The first-order valence-electron chi connectivity index (χ1n) is 8.20. The van der Waals surface area contributed by atoms with Crippen LogP contribution in [-0.4, -0.2) is 30.2 Å². The van der Waals surface area contributed by atoms with E-state index in [9.17, 15) is 9.59 Å². The topological polar surface area (TPSA) is 69.9 Å². The Bertz CT molecular complexity index is 1070. The Balaban J connectivity index is 2.19. The van der Waals surface area contributed by atoms with Gasteiger partial charge in [-0.15, -0.1) is 0 Å². The molecule has 1 heterocycles. The molecule has 0 unspecified atom stereocenters. The summed E-state index contributed by atoms with van der Waals surface area (Å²) in [5.41, 5.74) is 1.07. The van der Waals surface area contributed by atoms with Gasteiger partial charge in [0.25, 0.3) is 5.91 Å². The Morgan fingerprint density at radius 3 is 2.70 bits per heavy atom. The summed E-state index contributed by atoms with van der Waals surface area (Å²) >= 11 is 7.25. The Kier molecular flexibility index (Phi) is 5.93. The first kappa shape index (κ1) is 19.1. The number of para-hydroxylation sites is 1. The van der Waals surface area contributed by atoms with Gasteiger partial charge in [-0.3, -0.25) is 9.59 Å². The predicted molar refractivity (Wildman–Crippen MR) is 104 cm³/mol. The molecule has 8 heteroatoms. The van der Waals surface area contributed by atoms with E-state index in [-0.39, 0.29) is 6.54 Å². The molecule has 3 aromatic rings. The van der Waals surface area contributed by atoms with Crippen molar-refractivity contribution < 1.29 is 19.1 Å². The van der Waals surface area contributed by atoms with Crippen molar-refractivity contribution in [2.24, 2.45) is 4.99 Å². The summed E-state index contributed by atoms with van der Waals surface area (Å²) in [6, 6.07) is 12.1. The van der Waals surface area contributed by atoms with Crippen LogP contribution in [0.1, 0.15) is 17.3 Å². The number of ether oxygens (including phenoxy) is 2. The highest BCUT2D eigenvalue weighted by Gasteiger charge is 2.16. The number of carbonyl (C=O) groups is 2. The number of esters is 1. The lowest BCUT2D eigenvalue weighted by molar-refractivity contribution is -0.141. The van der Waals surface area contributed by atoms with Gasteiger partial charge in [-0.1, -0.05) is 35.1 Å². The Labute approximate surface area is 164 Å². The van der Waals surface area contributed by atoms with Crippen molar-refractivity contribution in [3.8, 4) is 5.75 Å². The summed E-state index contributed by atoms with van der Waals surface area (Å²) in [6.07, 6.45) is 0. The molecule has 0 fully saturated rings. The van der Waals surface area contributed by atoms with Gasteiger partial charge in [-0.25, -0.2) is 0 Å². The molecule has 6 nitrogen and oxygen atoms in total. The van der Waals surface area contributed by atoms with Crippen molar-refractivity contribution in [3.63, 3.8) is 0 Å². The van der Waals surface area contributed by atoms with E-state index >= 15 is 0 Å². The molecule has 3 rings (SSSR count). The van der Waals surface area contributed by atoms with Crippen molar-refractivity contribution in [1.29, 1.82) is 0 Å². The third kappa shape index (κ3) is 4.20. The Morgan fingerprint density at radius 2 is 2.00 bits per heavy atom. The van der Waals surface area contributed by atoms with E-state index in [1.807, 2.05) is 25.1 Å². The lowest BCUT2D eigenvalue weighted by Gasteiger charge is -2.08. The van der Waals surface area contributed by atoms with E-state index in [0.717, 1.165) is 4.70 Å². The molecule has 0 aliphatic carbocycles. The van der Waals surface area contributed by atoms with E-state index in [2.05, 4.69) is 4.99 Å². The third-order valence-electron chi connectivity index (χ3n) is 3.75. The van der Waals surface area contributed by atoms with Crippen molar-refractivity contribution in [3.05, 3.63) is 57.9 Å². The molecule has 0 spiro atoms. The fourth-order valence-electron chi connectivity index (χ4n) is 2.57. The van der Waals surface area contributed by atoms with Crippen LogP contribution in [0.2, 0.25) is 5.02 Å². The number of carbonyl (C=O) groups excluding carboxylic acids is 2. The number of aromatic nitrogens is 1. The second-order valence-electron chi connectivity index (χ2n) is 5.51. The van der Waals surface area contributed by atoms with Crippen LogP contribution in [-0.2, 0) is 16.1 Å². The Hall–Kier alpha value is -2.64. The molecule has 0 aliphatic heterocycles. The molecule has 0 N–H and O–H groups in total. The van der Waals surface area contributed by atoms with Gasteiger partial charge < -0.3 is 14.0 Å². The van der Waals surface area contributed by atoms with Crippen LogP contribution in [0, 0.1) is 0 Å². The average Bonchev–Trinajstić information content (AvgIpc) is 3.00. The predicted octanol–water partition coefficient (Wildman–Crippen LogP) is 3.67. The summed E-state index contributed by atoms with van der Waals surface area (Å²) in [5, 5.41) is 0.452. The van der Waals surface area contributed by atoms with Crippen LogP contribution in [0.4, 0.5) is 0 Å². The highest BCUT2D eigenvalue weighted by atomic mass is 35.5. The third-order valence-corrected chi connectivity index (χ3v) is 5.03. The van der Waals surface area contributed by atoms with Crippen molar-refractivity contribution in [2.75, 3.05) is 13.7 Å². The minimum Gasteiger partial charge on any atom is -0.492 e. The van der Waals surface area contributed by atoms with Crippen LogP contribution < -0.4 is 9.54 Å². The molecule has 0 radical (unpaired) electrons. The number of rotatable bonds is 5. The maximum Gasteiger partial charge on any atom is 0.325 e. The zero-order valence-corrected chi connectivity index (χ0v) is 16.3. The molecule has 2 aromatic carbocycles. The summed E-state index contributed by atoms with van der Waals surface area (Å²) in [6.45, 7) is 2.27. The fraction of sp³-hybridized carbons (Fsp3) is 0.211. The first-order valence-corrected chi connectivity index (χ1v) is 9.39. The maximum absolute atomic E-state index is 12.6. The van der Waals surface area contributed by atoms with E-state index in [1.54, 1.807) is 28.8 Å². The van der Waals surface area contributed by atoms with Gasteiger partial charge in [0.15, 0.2) is 4.80 Å². The number of hydrogen-bond acceptors (Lipinski definition) is 5. The highest BCUT2D eigenvalue weighted by molar-refractivity contribution is 7.16. The zero-order valence-electron chi connectivity index (χ0n) is 14.8. The molecule has 0 bridgehead atoms. The van der Waals surface area contributed by atoms with Gasteiger partial charge in [-0.05, 0) is 37.3 Å². The summed E-state index contributed by atoms with van der Waals surface area (Å²) in [4.78, 5) is 29.1. The van der Waals surface area contributed by atoms with Gasteiger partial charge in [0, 0.05) is 10.6 Å². The number of benzene rings is 2. The summed E-state index contributed by atoms with van der Waals surface area (Å²) < 4.78 is 13.0. The number of amides is 1. The largest absolute Gasteiger partial charge is 0.492 e. The SMILES string of the molecule is CCOc1cccc2sc(=NC(=O)c3cccc(Cl)c3)n(CC(=O)OC)c12. The summed E-state index contributed by atoms with van der Waals surface area (Å²) in [5.74, 6) is -0.273. The quantitative estimate of drug-likeness (QED) is 0.608. The normalized spacial score (nSPS) is 11.6. The van der Waals surface area contributed by atoms with Gasteiger partial charge >= 0.3 is 5.97 Å². The van der Waals surface area contributed by atoms with E-state index in [0.29, 0.717) is 33.3 Å². The van der Waals surface area contributed by atoms with Crippen molar-refractivity contribution in [1.82, 2.24) is 4.57 Å². The second-order valence-corrected chi connectivity index (χ2v) is 6.96. The number of methoxy groups -OCH3 is 1. The van der Waals surface area contributed by atoms with E-state index < -0.39 is 11.9 Å². The molecule has 0 saturated heterocycles. The molecular formula is C19H17ClN2O4S. The summed E-state index contributed by atoms with van der Waals surface area (Å²) in [7, 11) is 1.31. The van der Waals surface area contributed by atoms with Gasteiger partial charge in [0.05, 0.1) is 18.4 Å². The molecule has 27 heavy (non-hydrogen) atoms. The minimum atomic E-state index is -0.447. The van der Waals surface area contributed by atoms with E-state index in [1.165, 1.54) is 18.4 Å². The molecule has 1 aromatic heterocycles. The lowest BCUT2D eigenvalue weighted by atomic mass is 10.2. The zero-order chi connectivity index (χ0) is 19.4. The number of thiazole rings is 1. The number of hydrogen-bond donors (Lipinski definition) is 0. The van der Waals surface area contributed by atoms with Crippen LogP contribution in [0.5, 0.6) is 5.75 Å². The van der Waals surface area contributed by atoms with Crippen molar-refractivity contribution >= 4 is 45.0 Å². The van der Waals surface area contributed by atoms with Crippen LogP contribution >= 0.6 is 22.9 Å². The van der Waals surface area contributed by atoms with Crippen molar-refractivity contribution in [2.45, 2.75) is 13.5 Å². The number of fused-ring (bicyclic) bond motifs is 1. The standard InChI is InChI=1S/C19H17ClN2O4S/c1-3-26-14-8-5-9-15-17(14)22(11-16(23)25-2)19(27-15)21-18(24)12-6-4-7-13(20)10-12/h4-10H,3,11H2,1-2H3. The first-order chi connectivity index (χ1) is 13.0. The smallest absolute Gasteiger partial charge is 0.325 e. The second kappa shape index (κ2) is 8.37. The molecule has 0 aliphatic rings. The molecule has 1 amide bonds. The number of halogens is 1. The maximum atomic E-state index is 12.6. The highest BCUT2D eigenvalue weighted by Crippen LogP contribution is 2.27. The molecule has 0 saturated carbocycles. The Morgan fingerprint density at radius 1 is 1.22 bits per heavy atom. The average molecular weight is 405 g/mol. The molecule has 0 atom stereocenters. The van der Waals surface area contributed by atoms with Crippen LogP contribution in [0.25, 0.3) is 10.2 Å². The molecular weight excluding hydrogens is 388 g/mol. The van der Waals surface area contributed by atoms with Crippen LogP contribution in [0.15, 0.2) is 47.5 Å². The minimum absolute atomic E-state index is 0.0811. The number of nitrogens with zero attached hydrogens (tertiary/aromatic N) is 2. The fourth-order valence-corrected chi connectivity index (χ4v) is 3.80. The van der Waals surface area contributed by atoms with Gasteiger partial charge in [0.1, 0.15) is 17.8 Å². The monoisotopic (exact) mass is 404 g/mol. The van der Waals surface area contributed by atoms with Gasteiger partial charge in [-0.2, -0.15) is 4.99 Å². The van der Waals surface area contributed by atoms with Crippen LogP contribution in [0.3, 0.4) is 0 Å². The van der Waals surface area contributed by atoms with Gasteiger partial charge in [0.2, 0.25) is 0 Å². The lowest BCUT2D eigenvalue weighted by Crippen LogP contribution is -2.22. The molecule has 140 valence electrons.